The standard InChI is InChI=1S/C55H32N2/c1-3-15-42-40(13-1)50(37-23-21-33(22-24-37)48-32-57-29-6-5-20-49(57)56-48)41-14-2-4-16-43(41)51(42)39-30-38-28-27-36-11-8-18-45-44-17-7-10-34-25-26-35-12-9-19-46(54(35)52(34)44)47(31-39)55(38)53(36)45/h1-32H. The van der Waals surface area contributed by atoms with E-state index in [0.717, 1.165) is 16.9 Å². The molecule has 0 saturated carbocycles. The van der Waals surface area contributed by atoms with Crippen LogP contribution >= 0.6 is 0 Å². The molecule has 0 spiro atoms. The summed E-state index contributed by atoms with van der Waals surface area (Å²) in [5, 5.41) is 20.5. The second-order valence-corrected chi connectivity index (χ2v) is 15.5. The number of fused-ring (bicyclic) bond motifs is 5. The van der Waals surface area contributed by atoms with Gasteiger partial charge in [-0.1, -0.05) is 158 Å². The minimum Gasteiger partial charge on any atom is -0.306 e. The van der Waals surface area contributed by atoms with E-state index < -0.39 is 0 Å². The van der Waals surface area contributed by atoms with Crippen LogP contribution in [0.2, 0.25) is 0 Å². The molecular weight excluding hydrogens is 689 g/mol. The molecule has 2 heteroatoms. The first-order valence-corrected chi connectivity index (χ1v) is 19.7. The van der Waals surface area contributed by atoms with Crippen LogP contribution in [-0.2, 0) is 0 Å². The number of aromatic nitrogens is 2. The first-order chi connectivity index (χ1) is 28.3. The van der Waals surface area contributed by atoms with Crippen molar-refractivity contribution in [2.45, 2.75) is 0 Å². The predicted octanol–water partition coefficient (Wildman–Crippen LogP) is 15.0. The zero-order chi connectivity index (χ0) is 37.2. The van der Waals surface area contributed by atoms with Crippen LogP contribution in [-0.4, -0.2) is 9.38 Å². The molecule has 0 radical (unpaired) electrons. The lowest BCUT2D eigenvalue weighted by Gasteiger charge is -2.20. The van der Waals surface area contributed by atoms with Gasteiger partial charge in [0.15, 0.2) is 0 Å². The molecule has 0 fully saturated rings. The van der Waals surface area contributed by atoms with E-state index in [1.807, 2.05) is 24.4 Å². The van der Waals surface area contributed by atoms with Crippen LogP contribution < -0.4 is 0 Å². The smallest absolute Gasteiger partial charge is 0.137 e. The molecule has 13 rings (SSSR count). The highest BCUT2D eigenvalue weighted by molar-refractivity contribution is 6.37. The topological polar surface area (TPSA) is 17.3 Å². The lowest BCUT2D eigenvalue weighted by atomic mass is 9.83. The van der Waals surface area contributed by atoms with Gasteiger partial charge in [-0.05, 0) is 133 Å². The molecule has 262 valence electrons. The third kappa shape index (κ3) is 4.33. The van der Waals surface area contributed by atoms with Crippen LogP contribution in [0, 0.1) is 0 Å². The van der Waals surface area contributed by atoms with Crippen molar-refractivity contribution >= 4 is 91.8 Å². The van der Waals surface area contributed by atoms with Crippen molar-refractivity contribution in [2.24, 2.45) is 0 Å². The average molecular weight is 721 g/mol. The van der Waals surface area contributed by atoms with Crippen molar-refractivity contribution in [1.29, 1.82) is 0 Å². The van der Waals surface area contributed by atoms with Crippen molar-refractivity contribution < 1.29 is 0 Å². The molecule has 0 bridgehead atoms. The van der Waals surface area contributed by atoms with Crippen molar-refractivity contribution in [3.8, 4) is 33.5 Å². The number of benzene rings is 10. The van der Waals surface area contributed by atoms with Crippen molar-refractivity contribution in [3.63, 3.8) is 0 Å². The van der Waals surface area contributed by atoms with Gasteiger partial charge in [0.1, 0.15) is 5.65 Å². The van der Waals surface area contributed by atoms with E-state index in [1.54, 1.807) is 0 Å². The molecular formula is C55H32N2. The number of nitrogens with zero attached hydrogens (tertiary/aromatic N) is 2. The Labute approximate surface area is 327 Å². The van der Waals surface area contributed by atoms with E-state index in [0.29, 0.717) is 0 Å². The lowest BCUT2D eigenvalue weighted by Crippen LogP contribution is -1.92. The second kappa shape index (κ2) is 11.5. The molecule has 13 aromatic rings. The Kier molecular flexibility index (Phi) is 6.19. The van der Waals surface area contributed by atoms with Gasteiger partial charge in [-0.15, -0.1) is 0 Å². The van der Waals surface area contributed by atoms with Crippen LogP contribution in [0.4, 0.5) is 0 Å². The molecule has 2 nitrogen and oxygen atoms in total. The fourth-order valence-corrected chi connectivity index (χ4v) is 10.1. The average Bonchev–Trinajstić information content (AvgIpc) is 3.71. The number of imidazole rings is 1. The maximum Gasteiger partial charge on any atom is 0.137 e. The predicted molar refractivity (Wildman–Crippen MR) is 243 cm³/mol. The fraction of sp³-hybridized carbons (Fsp3) is 0. The van der Waals surface area contributed by atoms with Crippen LogP contribution in [0.3, 0.4) is 0 Å². The van der Waals surface area contributed by atoms with Crippen LogP contribution in [0.5, 0.6) is 0 Å². The number of hydrogen-bond acceptors (Lipinski definition) is 1. The fourth-order valence-electron chi connectivity index (χ4n) is 10.1. The Morgan fingerprint density at radius 2 is 0.772 bits per heavy atom. The summed E-state index contributed by atoms with van der Waals surface area (Å²) in [5.74, 6) is 0. The Balaban J connectivity index is 1.13. The van der Waals surface area contributed by atoms with E-state index >= 15 is 0 Å². The highest BCUT2D eigenvalue weighted by Gasteiger charge is 2.20. The highest BCUT2D eigenvalue weighted by Crippen LogP contribution is 2.48. The zero-order valence-electron chi connectivity index (χ0n) is 30.9. The van der Waals surface area contributed by atoms with Gasteiger partial charge >= 0.3 is 0 Å². The number of hydrogen-bond donors (Lipinski definition) is 0. The molecule has 0 N–H and O–H groups in total. The van der Waals surface area contributed by atoms with Crippen LogP contribution in [0.15, 0.2) is 194 Å². The maximum absolute atomic E-state index is 4.89. The highest BCUT2D eigenvalue weighted by atomic mass is 15.0. The van der Waals surface area contributed by atoms with Gasteiger partial charge in [-0.3, -0.25) is 0 Å². The van der Waals surface area contributed by atoms with Gasteiger partial charge in [-0.25, -0.2) is 4.98 Å². The molecule has 0 amide bonds. The van der Waals surface area contributed by atoms with Gasteiger partial charge in [0.2, 0.25) is 0 Å². The molecule has 0 atom stereocenters. The van der Waals surface area contributed by atoms with E-state index in [4.69, 9.17) is 4.98 Å². The molecule has 11 aromatic carbocycles. The Bertz CT molecular complexity index is 3700. The molecule has 2 aromatic heterocycles. The first kappa shape index (κ1) is 30.7. The van der Waals surface area contributed by atoms with E-state index in [-0.39, 0.29) is 0 Å². The summed E-state index contributed by atoms with van der Waals surface area (Å²) in [7, 11) is 0. The van der Waals surface area contributed by atoms with Crippen molar-refractivity contribution in [2.75, 3.05) is 0 Å². The van der Waals surface area contributed by atoms with E-state index in [9.17, 15) is 0 Å². The van der Waals surface area contributed by atoms with Gasteiger partial charge in [0, 0.05) is 18.0 Å². The molecule has 0 saturated heterocycles. The maximum atomic E-state index is 4.89. The number of rotatable bonds is 3. The normalized spacial score (nSPS) is 12.2. The molecule has 0 aliphatic carbocycles. The molecule has 0 aliphatic heterocycles. The lowest BCUT2D eigenvalue weighted by molar-refractivity contribution is 1.19. The summed E-state index contributed by atoms with van der Waals surface area (Å²) in [4.78, 5) is 4.89. The largest absolute Gasteiger partial charge is 0.306 e. The van der Waals surface area contributed by atoms with E-state index in [1.165, 1.54) is 108 Å². The van der Waals surface area contributed by atoms with Crippen molar-refractivity contribution in [1.82, 2.24) is 9.38 Å². The van der Waals surface area contributed by atoms with Gasteiger partial charge in [0.05, 0.1) is 5.69 Å². The second-order valence-electron chi connectivity index (χ2n) is 15.5. The van der Waals surface area contributed by atoms with Gasteiger partial charge < -0.3 is 4.40 Å². The summed E-state index contributed by atoms with van der Waals surface area (Å²) < 4.78 is 2.08. The zero-order valence-corrected chi connectivity index (χ0v) is 30.9. The third-order valence-electron chi connectivity index (χ3n) is 12.5. The quantitative estimate of drug-likeness (QED) is 0.131. The molecule has 57 heavy (non-hydrogen) atoms. The molecule has 2 heterocycles. The van der Waals surface area contributed by atoms with Crippen LogP contribution in [0.1, 0.15) is 0 Å². The minimum atomic E-state index is 0.949. The summed E-state index contributed by atoms with van der Waals surface area (Å²) in [6.45, 7) is 0. The van der Waals surface area contributed by atoms with Crippen LogP contribution in [0.25, 0.3) is 125 Å². The summed E-state index contributed by atoms with van der Waals surface area (Å²) in [6, 6.07) is 67.7. The Morgan fingerprint density at radius 1 is 0.316 bits per heavy atom. The van der Waals surface area contributed by atoms with Crippen molar-refractivity contribution in [3.05, 3.63) is 194 Å². The SMILES string of the molecule is c1ccc2c(-c3cc4ccc5cccc6c7cccc8ccc9cccc(c(c3)c4c56)c9c87)c3ccccc3c(-c3ccc(-c4cn5ccccc5n4)cc3)c2c1. The summed E-state index contributed by atoms with van der Waals surface area (Å²) >= 11 is 0. The monoisotopic (exact) mass is 720 g/mol. The number of pyridine rings is 1. The van der Waals surface area contributed by atoms with Gasteiger partial charge in [0.25, 0.3) is 0 Å². The summed E-state index contributed by atoms with van der Waals surface area (Å²) in [5.41, 5.74) is 7.98. The summed E-state index contributed by atoms with van der Waals surface area (Å²) in [6.07, 6.45) is 4.15. The third-order valence-corrected chi connectivity index (χ3v) is 12.5. The first-order valence-electron chi connectivity index (χ1n) is 19.7. The minimum absolute atomic E-state index is 0.949. The van der Waals surface area contributed by atoms with E-state index in [2.05, 4.69) is 174 Å². The molecule has 0 aliphatic rings. The molecule has 0 unspecified atom stereocenters. The Hall–Kier alpha value is -7.55. The van der Waals surface area contributed by atoms with Gasteiger partial charge in [-0.2, -0.15) is 0 Å². The Morgan fingerprint density at radius 3 is 1.33 bits per heavy atom.